The van der Waals surface area contributed by atoms with E-state index in [0.29, 0.717) is 17.3 Å². The van der Waals surface area contributed by atoms with Gasteiger partial charge in [-0.15, -0.1) is 25.5 Å². The Morgan fingerprint density at radius 2 is 0.647 bits per heavy atom. The van der Waals surface area contributed by atoms with Gasteiger partial charge in [0, 0.05) is 192 Å². The van der Waals surface area contributed by atoms with E-state index in [1.54, 1.807) is 287 Å². The van der Waals surface area contributed by atoms with E-state index in [9.17, 15) is 0 Å². The molecule has 0 saturated heterocycles. The highest BCUT2D eigenvalue weighted by molar-refractivity contribution is 5.45. The maximum absolute atomic E-state index is 4.04. The molecule has 0 fully saturated rings. The van der Waals surface area contributed by atoms with Gasteiger partial charge in [0.25, 0.3) is 11.6 Å². The molecule has 0 aliphatic heterocycles. The summed E-state index contributed by atoms with van der Waals surface area (Å²) in [5, 5.41) is 56.7. The monoisotopic (exact) mass is 1810 g/mol. The van der Waals surface area contributed by atoms with Crippen molar-refractivity contribution in [2.24, 2.45) is 0 Å². The molecule has 30 heterocycles. The molecule has 0 aliphatic carbocycles. The highest BCUT2D eigenvalue weighted by Crippen LogP contribution is 2.04. The molecule has 0 saturated carbocycles. The average molecular weight is 1810 g/mol. The zero-order valence-corrected chi connectivity index (χ0v) is 70.0. The van der Waals surface area contributed by atoms with Crippen molar-refractivity contribution < 1.29 is 0 Å². The van der Waals surface area contributed by atoms with Crippen molar-refractivity contribution in [1.82, 2.24) is 253 Å². The second kappa shape index (κ2) is 47.9. The molecule has 0 bridgehead atoms. The predicted molar refractivity (Wildman–Crippen MR) is 486 cm³/mol. The molecule has 0 unspecified atom stereocenters. The maximum atomic E-state index is 4.04. The van der Waals surface area contributed by atoms with Crippen LogP contribution in [0.1, 0.15) is 7.43 Å². The van der Waals surface area contributed by atoms with E-state index in [4.69, 9.17) is 0 Å². The number of aromatic nitrogens is 52. The van der Waals surface area contributed by atoms with E-state index < -0.39 is 0 Å². The summed E-state index contributed by atoms with van der Waals surface area (Å²) in [5.74, 6) is 2.71. The number of imidazole rings is 11. The van der Waals surface area contributed by atoms with Gasteiger partial charge in [0.05, 0.1) is 103 Å². The first kappa shape index (κ1) is 89.6. The number of hydrogen-bond acceptors (Lipinski definition) is 37. The maximum Gasteiger partial charge on any atom is 0.253 e. The molecule has 0 atom stereocenters. The van der Waals surface area contributed by atoms with Crippen LogP contribution in [0.3, 0.4) is 0 Å². The average Bonchev–Trinajstić information content (AvgIpc) is 1.79. The van der Waals surface area contributed by atoms with Crippen LogP contribution in [0.5, 0.6) is 0 Å². The molecule has 30 rings (SSSR count). The minimum atomic E-state index is 0. The zero-order valence-electron chi connectivity index (χ0n) is 70.0. The lowest BCUT2D eigenvalue weighted by molar-refractivity contribution is 0.803. The van der Waals surface area contributed by atoms with E-state index in [0.717, 1.165) is 67.5 Å². The zero-order chi connectivity index (χ0) is 91.6. The van der Waals surface area contributed by atoms with E-state index >= 15 is 0 Å². The Hall–Kier alpha value is -21.2. The van der Waals surface area contributed by atoms with E-state index in [2.05, 4.69) is 186 Å². The first-order valence-corrected chi connectivity index (χ1v) is 39.6. The second-order valence-electron chi connectivity index (χ2n) is 25.7. The minimum absolute atomic E-state index is 0. The highest BCUT2D eigenvalue weighted by atomic mass is 15.4. The van der Waals surface area contributed by atoms with Crippen molar-refractivity contribution in [2.45, 2.75) is 7.43 Å². The summed E-state index contributed by atoms with van der Waals surface area (Å²) >= 11 is 0. The van der Waals surface area contributed by atoms with Crippen LogP contribution in [0.4, 0.5) is 0 Å². The SMILES string of the molecule is C.c1cc2cncn2nn1.c1cc2cncnn2c1.c1cc2cnncn2c1.c1cc2nccn2cn1.c1cc2nccn2nn1.c1cc2nccnn2c1.c1cc2ncncn2c1.c1cn2ccnc2cn1.c1cn2ccnc2nn1.c1cn2cncnc2n1.c1cn2cnncc2n1.c1cn2ncncc2n1.c1cnc2nccn2c1.c1cnn2ccnc2c1.c1cnn2ccnc2n1. The van der Waals surface area contributed by atoms with Gasteiger partial charge in [-0.3, -0.25) is 31.4 Å². The fourth-order valence-corrected chi connectivity index (χ4v) is 11.0. The van der Waals surface area contributed by atoms with Gasteiger partial charge < -0.3 is 8.80 Å². The Morgan fingerprint density at radius 1 is 0.169 bits per heavy atom. The number of hydrogen-bond donors (Lipinski definition) is 0. The molecule has 668 valence electrons. The van der Waals surface area contributed by atoms with Gasteiger partial charge in [-0.1, -0.05) is 17.9 Å². The van der Waals surface area contributed by atoms with Crippen molar-refractivity contribution in [1.29, 1.82) is 0 Å². The fraction of sp³-hybridized carbons (Fsp3) is 0.0119. The van der Waals surface area contributed by atoms with E-state index in [1.807, 2.05) is 175 Å². The quantitative estimate of drug-likeness (QED) is 0.143. The van der Waals surface area contributed by atoms with Crippen LogP contribution in [0.15, 0.2) is 421 Å². The summed E-state index contributed by atoms with van der Waals surface area (Å²) in [4.78, 5) is 86.5. The van der Waals surface area contributed by atoms with Crippen LogP contribution in [-0.4, -0.2) is 253 Å². The third kappa shape index (κ3) is 25.8. The largest absolute Gasteiger partial charge is 0.305 e. The Labute approximate surface area is 762 Å². The Morgan fingerprint density at radius 3 is 1.40 bits per heavy atom. The third-order valence-electron chi connectivity index (χ3n) is 17.2. The van der Waals surface area contributed by atoms with Crippen LogP contribution < -0.4 is 0 Å². The summed E-state index contributed by atoms with van der Waals surface area (Å²) in [5.41, 5.74) is 10.0. The minimum Gasteiger partial charge on any atom is -0.305 e. The van der Waals surface area contributed by atoms with Gasteiger partial charge >= 0.3 is 0 Å². The predicted octanol–water partition coefficient (Wildman–Crippen LogP) is 7.34. The topological polar surface area (TPSA) is 543 Å². The van der Waals surface area contributed by atoms with Gasteiger partial charge in [0.2, 0.25) is 11.6 Å². The van der Waals surface area contributed by atoms with Crippen LogP contribution in [0.25, 0.3) is 84.8 Å². The summed E-state index contributed by atoms with van der Waals surface area (Å²) < 4.78 is 26.5. The molecular weight excluding hydrogens is 1740 g/mol. The Balaban J connectivity index is 0.000000111. The van der Waals surface area contributed by atoms with Gasteiger partial charge in [-0.2, -0.15) is 40.8 Å². The molecular formula is C84H72N52. The summed E-state index contributed by atoms with van der Waals surface area (Å²) in [6.07, 6.45) is 93.0. The molecule has 0 N–H and O–H groups in total. The Kier molecular flexibility index (Phi) is 31.6. The second-order valence-corrected chi connectivity index (χ2v) is 25.7. The molecule has 52 heteroatoms. The van der Waals surface area contributed by atoms with Gasteiger partial charge in [0.1, 0.15) is 74.6 Å². The lowest BCUT2D eigenvalue weighted by atomic mass is 10.5. The smallest absolute Gasteiger partial charge is 0.253 e. The highest BCUT2D eigenvalue weighted by Gasteiger charge is 1.99. The molecule has 0 aliphatic rings. The number of fused-ring (bicyclic) bond motifs is 15. The van der Waals surface area contributed by atoms with E-state index in [-0.39, 0.29) is 7.43 Å². The van der Waals surface area contributed by atoms with Crippen molar-refractivity contribution in [3.05, 3.63) is 421 Å². The fourth-order valence-electron chi connectivity index (χ4n) is 11.0. The summed E-state index contributed by atoms with van der Waals surface area (Å²) in [7, 11) is 0. The standard InChI is InChI=1S/8C6H5N3.7C5H4N4.CH4/c1-3-9-4-2-8-6(9)5-7-1;1-2-7-5-9-4-3-8-6(1)9;1-2-6-7-3-4-8-9(6)5-1;1-2-7-6-8-3-5-9(6)4-1;1-2-6-8-4-7-5-9(6)3-1;1-2-6-4-7-8-5-9(6)3-1;1-2-6-4-7-5-8-9(6)3-1;1-2-6-7-4-5-9(6)8-3-1;1-3-9-4-2-7-8-5(9)6-1;1-2-9-4-6-3-8-5(9)7-1;1-2-9-5(7-1)3-6-4-8-9;1-2-9-4-8-7-3-5(9)6-1;1-2-7-8-9-4-6-3-5(1)9;1-2-8-9-4-3-7-5(9)6-1;1-2-7-8-9-4-3-6-5(1)9;/h8*1-5H;7*1-4H;1H4. The molecule has 52 nitrogen and oxygen atoms in total. The normalized spacial score (nSPS) is 10.1. The molecule has 136 heavy (non-hydrogen) atoms. The molecule has 30 aromatic heterocycles. The number of rotatable bonds is 0. The first-order chi connectivity index (χ1) is 67.0. The number of nitrogens with zero attached hydrogens (tertiary/aromatic N) is 52. The van der Waals surface area contributed by atoms with Crippen LogP contribution in [0, 0.1) is 0 Å². The first-order valence-electron chi connectivity index (χ1n) is 39.6. The Bertz CT molecular complexity index is 6170. The summed E-state index contributed by atoms with van der Waals surface area (Å²) in [6.45, 7) is 0. The van der Waals surface area contributed by atoms with Crippen molar-refractivity contribution in [3.63, 3.8) is 0 Å². The lowest BCUT2D eigenvalue weighted by Gasteiger charge is -1.86. The molecule has 0 spiro atoms. The van der Waals surface area contributed by atoms with Crippen LogP contribution in [0.2, 0.25) is 0 Å². The van der Waals surface area contributed by atoms with Crippen molar-refractivity contribution >= 4 is 84.8 Å². The van der Waals surface area contributed by atoms with Crippen LogP contribution in [-0.2, 0) is 0 Å². The van der Waals surface area contributed by atoms with Gasteiger partial charge in [-0.05, 0) is 78.9 Å². The molecule has 0 amide bonds. The van der Waals surface area contributed by atoms with Gasteiger partial charge in [-0.25, -0.2) is 136 Å². The summed E-state index contributed by atoms with van der Waals surface area (Å²) in [6, 6.07) is 26.7. The van der Waals surface area contributed by atoms with Crippen molar-refractivity contribution in [3.8, 4) is 0 Å². The third-order valence-corrected chi connectivity index (χ3v) is 17.2. The van der Waals surface area contributed by atoms with Crippen molar-refractivity contribution in [2.75, 3.05) is 0 Å². The lowest BCUT2D eigenvalue weighted by Crippen LogP contribution is -1.90. The molecule has 0 radical (unpaired) electrons. The van der Waals surface area contributed by atoms with Crippen LogP contribution >= 0.6 is 0 Å². The van der Waals surface area contributed by atoms with Gasteiger partial charge in [0.15, 0.2) is 33.9 Å². The van der Waals surface area contributed by atoms with E-state index in [1.165, 1.54) is 25.3 Å². The molecule has 0 aromatic carbocycles. The molecule has 30 aromatic rings.